The molecule has 0 unspecified atom stereocenters. The molecule has 0 aliphatic carbocycles. The van der Waals surface area contributed by atoms with Gasteiger partial charge in [0.1, 0.15) is 24.4 Å². The van der Waals surface area contributed by atoms with E-state index in [-0.39, 0.29) is 12.5 Å². The fraction of sp³-hybridized carbons (Fsp3) is 0.632. The van der Waals surface area contributed by atoms with Crippen molar-refractivity contribution < 1.29 is 30.0 Å². The maximum Gasteiger partial charge on any atom is 0.246 e. The van der Waals surface area contributed by atoms with Crippen molar-refractivity contribution in [2.45, 2.75) is 50.1 Å². The smallest absolute Gasteiger partial charge is 0.246 e. The van der Waals surface area contributed by atoms with E-state index in [1.165, 1.54) is 22.3 Å². The number of thiophene rings is 1. The van der Waals surface area contributed by atoms with Crippen LogP contribution in [0.25, 0.3) is 6.08 Å². The zero-order chi connectivity index (χ0) is 19.6. The third-order valence-corrected chi connectivity index (χ3v) is 5.42. The van der Waals surface area contributed by atoms with Gasteiger partial charge in [-0.3, -0.25) is 4.79 Å². The number of aliphatic hydroxyl groups is 4. The summed E-state index contributed by atoms with van der Waals surface area (Å²) in [6.07, 6.45) is 1.41. The van der Waals surface area contributed by atoms with E-state index in [1.54, 1.807) is 6.08 Å². The van der Waals surface area contributed by atoms with E-state index < -0.39 is 31.0 Å². The number of β-amino-alcohol motifs (C(OH)–C–C–N with tert-alkyl or cyclic N) is 1. The molecule has 1 aliphatic rings. The lowest BCUT2D eigenvalue weighted by atomic mass is 10.0. The van der Waals surface area contributed by atoms with E-state index in [1.807, 2.05) is 17.5 Å². The van der Waals surface area contributed by atoms with Crippen LogP contribution < -0.4 is 0 Å². The third kappa shape index (κ3) is 6.99. The Kier molecular flexibility index (Phi) is 9.40. The average molecular weight is 400 g/mol. The Morgan fingerprint density at radius 1 is 1.33 bits per heavy atom. The monoisotopic (exact) mass is 399 g/mol. The lowest BCUT2D eigenvalue weighted by Crippen LogP contribution is -2.52. The summed E-state index contributed by atoms with van der Waals surface area (Å²) in [6, 6.07) is 3.80. The van der Waals surface area contributed by atoms with Gasteiger partial charge < -0.3 is 30.1 Å². The number of carbonyl (C=O) groups is 1. The molecule has 1 aromatic heterocycles. The van der Waals surface area contributed by atoms with Crippen molar-refractivity contribution in [2.75, 3.05) is 26.3 Å². The maximum absolute atomic E-state index is 12.6. The number of hydrogen-bond donors (Lipinski definition) is 4. The van der Waals surface area contributed by atoms with Crippen molar-refractivity contribution in [3.8, 4) is 0 Å². The topological polar surface area (TPSA) is 110 Å². The van der Waals surface area contributed by atoms with Gasteiger partial charge in [0.05, 0.1) is 6.61 Å². The second-order valence-electron chi connectivity index (χ2n) is 6.69. The van der Waals surface area contributed by atoms with Gasteiger partial charge in [0.25, 0.3) is 0 Å². The summed E-state index contributed by atoms with van der Waals surface area (Å²) in [5.74, 6) is -0.244. The summed E-state index contributed by atoms with van der Waals surface area (Å²) < 4.78 is 5.51. The number of rotatable bonds is 4. The van der Waals surface area contributed by atoms with Crippen LogP contribution in [0.3, 0.4) is 0 Å². The van der Waals surface area contributed by atoms with E-state index in [2.05, 4.69) is 0 Å². The van der Waals surface area contributed by atoms with Crippen LogP contribution in [-0.2, 0) is 9.53 Å². The Morgan fingerprint density at radius 3 is 2.81 bits per heavy atom. The van der Waals surface area contributed by atoms with Crippen LogP contribution in [0.1, 0.15) is 30.6 Å². The molecule has 1 fully saturated rings. The second-order valence-corrected chi connectivity index (χ2v) is 7.67. The van der Waals surface area contributed by atoms with Gasteiger partial charge in [0.15, 0.2) is 0 Å². The van der Waals surface area contributed by atoms with E-state index in [4.69, 9.17) is 4.74 Å². The molecule has 2 heterocycles. The first-order valence-corrected chi connectivity index (χ1v) is 10.2. The van der Waals surface area contributed by atoms with Crippen molar-refractivity contribution >= 4 is 23.3 Å². The molecule has 0 radical (unpaired) electrons. The fourth-order valence-electron chi connectivity index (χ4n) is 3.01. The summed E-state index contributed by atoms with van der Waals surface area (Å²) in [6.45, 7) is 0.149. The standard InChI is InChI=1S/C19H29NO6S/c21-13-16(23)19-18(25)15(22)12-20(9-3-1-2-4-10-26-19)17(24)8-7-14-6-5-11-27-14/h5-8,11,15-16,18-19,21-23,25H,1-4,9-10,12-13H2/t15-,16-,18-,19-/m1/s1. The van der Waals surface area contributed by atoms with Gasteiger partial charge in [-0.2, -0.15) is 0 Å². The minimum atomic E-state index is -1.41. The molecular formula is C19H29NO6S. The van der Waals surface area contributed by atoms with Crippen LogP contribution >= 0.6 is 11.3 Å². The van der Waals surface area contributed by atoms with Crippen molar-refractivity contribution in [3.63, 3.8) is 0 Å². The van der Waals surface area contributed by atoms with Crippen molar-refractivity contribution in [1.82, 2.24) is 4.90 Å². The molecule has 7 nitrogen and oxygen atoms in total. The molecule has 4 N–H and O–H groups in total. The van der Waals surface area contributed by atoms with E-state index in [0.29, 0.717) is 13.2 Å². The summed E-state index contributed by atoms with van der Waals surface area (Å²) in [5.41, 5.74) is 0. The Hall–Kier alpha value is -1.29. The van der Waals surface area contributed by atoms with Crippen LogP contribution in [0.4, 0.5) is 0 Å². The minimum absolute atomic E-state index is 0.0766. The number of hydrogen-bond acceptors (Lipinski definition) is 7. The van der Waals surface area contributed by atoms with Gasteiger partial charge in [0, 0.05) is 30.6 Å². The van der Waals surface area contributed by atoms with E-state index in [0.717, 1.165) is 30.6 Å². The average Bonchev–Trinajstić information content (AvgIpc) is 3.18. The molecule has 1 saturated heterocycles. The molecule has 1 amide bonds. The number of amides is 1. The molecule has 27 heavy (non-hydrogen) atoms. The second kappa shape index (κ2) is 11.5. The maximum atomic E-state index is 12.6. The first kappa shape index (κ1) is 22.0. The summed E-state index contributed by atoms with van der Waals surface area (Å²) in [7, 11) is 0. The molecular weight excluding hydrogens is 370 g/mol. The third-order valence-electron chi connectivity index (χ3n) is 4.58. The van der Waals surface area contributed by atoms with Crippen LogP contribution in [-0.4, -0.2) is 82.0 Å². The van der Waals surface area contributed by atoms with Gasteiger partial charge >= 0.3 is 0 Å². The summed E-state index contributed by atoms with van der Waals surface area (Å²) in [4.78, 5) is 15.0. The van der Waals surface area contributed by atoms with Crippen LogP contribution in [0, 0.1) is 0 Å². The van der Waals surface area contributed by atoms with Crippen molar-refractivity contribution in [3.05, 3.63) is 28.5 Å². The van der Waals surface area contributed by atoms with Crippen LogP contribution in [0.15, 0.2) is 23.6 Å². The predicted molar refractivity (Wildman–Crippen MR) is 103 cm³/mol. The zero-order valence-electron chi connectivity index (χ0n) is 15.3. The molecule has 0 spiro atoms. The molecule has 152 valence electrons. The van der Waals surface area contributed by atoms with Crippen LogP contribution in [0.2, 0.25) is 0 Å². The number of ether oxygens (including phenoxy) is 1. The molecule has 0 saturated carbocycles. The normalized spacial score (nSPS) is 27.1. The fourth-order valence-corrected chi connectivity index (χ4v) is 3.63. The molecule has 0 bridgehead atoms. The number of aliphatic hydroxyl groups excluding tert-OH is 4. The van der Waals surface area contributed by atoms with Crippen molar-refractivity contribution in [2.24, 2.45) is 0 Å². The quantitative estimate of drug-likeness (QED) is 0.553. The highest BCUT2D eigenvalue weighted by molar-refractivity contribution is 7.10. The predicted octanol–water partition coefficient (Wildman–Crippen LogP) is 0.624. The van der Waals surface area contributed by atoms with Gasteiger partial charge in [-0.25, -0.2) is 0 Å². The van der Waals surface area contributed by atoms with Crippen molar-refractivity contribution in [1.29, 1.82) is 0 Å². The molecule has 2 rings (SSSR count). The largest absolute Gasteiger partial charge is 0.394 e. The first-order chi connectivity index (χ1) is 13.0. The Bertz CT molecular complexity index is 579. The number of carbonyl (C=O) groups excluding carboxylic acids is 1. The minimum Gasteiger partial charge on any atom is -0.394 e. The molecule has 8 heteroatoms. The lowest BCUT2D eigenvalue weighted by molar-refractivity contribution is -0.150. The van der Waals surface area contributed by atoms with Gasteiger partial charge in [-0.1, -0.05) is 18.9 Å². The van der Waals surface area contributed by atoms with Gasteiger partial charge in [-0.05, 0) is 30.4 Å². The van der Waals surface area contributed by atoms with E-state index in [9.17, 15) is 25.2 Å². The molecule has 1 aromatic rings. The first-order valence-electron chi connectivity index (χ1n) is 9.30. The Labute approximate surface area is 163 Å². The zero-order valence-corrected chi connectivity index (χ0v) is 16.1. The lowest BCUT2D eigenvalue weighted by Gasteiger charge is -2.33. The highest BCUT2D eigenvalue weighted by atomic mass is 32.1. The summed E-state index contributed by atoms with van der Waals surface area (Å²) in [5, 5.41) is 41.8. The van der Waals surface area contributed by atoms with Gasteiger partial charge in [-0.15, -0.1) is 11.3 Å². The summed E-state index contributed by atoms with van der Waals surface area (Å²) >= 11 is 1.52. The van der Waals surface area contributed by atoms with Gasteiger partial charge in [0.2, 0.25) is 5.91 Å². The molecule has 1 aliphatic heterocycles. The van der Waals surface area contributed by atoms with E-state index >= 15 is 0 Å². The highest BCUT2D eigenvalue weighted by Gasteiger charge is 2.34. The highest BCUT2D eigenvalue weighted by Crippen LogP contribution is 2.15. The molecule has 4 atom stereocenters. The SMILES string of the molecule is O=C(C=Cc1cccs1)N1CCCCCCO[C@H]([C@H](O)CO)[C@H](O)[C@H](O)C1. The Morgan fingerprint density at radius 2 is 2.11 bits per heavy atom. The number of nitrogens with zero attached hydrogens (tertiary/aromatic N) is 1. The molecule has 0 aromatic carbocycles. The van der Waals surface area contributed by atoms with Crippen LogP contribution in [0.5, 0.6) is 0 Å². The Balaban J connectivity index is 2.08.